The van der Waals surface area contributed by atoms with Gasteiger partial charge >= 0.3 is 0 Å². The van der Waals surface area contributed by atoms with Crippen LogP contribution in [0.15, 0.2) is 36.4 Å². The number of hydrogen-bond acceptors (Lipinski definition) is 4. The largest absolute Gasteiger partial charge is 0.476 e. The van der Waals surface area contributed by atoms with Gasteiger partial charge in [-0.25, -0.2) is 0 Å². The lowest BCUT2D eigenvalue weighted by Gasteiger charge is -2.38. The molecule has 1 heterocycles. The molecule has 0 aromatic heterocycles. The number of halogens is 1. The molecule has 1 aliphatic heterocycles. The summed E-state index contributed by atoms with van der Waals surface area (Å²) >= 11 is 6.13. The van der Waals surface area contributed by atoms with Crippen molar-refractivity contribution in [2.24, 2.45) is 0 Å². The van der Waals surface area contributed by atoms with Gasteiger partial charge in [0, 0.05) is 42.5 Å². The molecule has 0 unspecified atom stereocenters. The zero-order valence-corrected chi connectivity index (χ0v) is 19.5. The number of amides is 2. The van der Waals surface area contributed by atoms with Gasteiger partial charge in [-0.2, -0.15) is 0 Å². The van der Waals surface area contributed by atoms with Gasteiger partial charge in [-0.15, -0.1) is 0 Å². The fourth-order valence-corrected chi connectivity index (χ4v) is 3.93. The van der Waals surface area contributed by atoms with Gasteiger partial charge < -0.3 is 19.9 Å². The van der Waals surface area contributed by atoms with Crippen molar-refractivity contribution in [3.8, 4) is 5.75 Å². The zero-order chi connectivity index (χ0) is 22.8. The van der Waals surface area contributed by atoms with Gasteiger partial charge in [-0.3, -0.25) is 9.59 Å². The molecule has 0 fully saturated rings. The molecular formula is C24H30ClN3O3. The Bertz CT molecular complexity index is 986. The summed E-state index contributed by atoms with van der Waals surface area (Å²) in [4.78, 5) is 29.4. The van der Waals surface area contributed by atoms with E-state index in [4.69, 9.17) is 16.3 Å². The molecule has 166 valence electrons. The first-order valence-corrected chi connectivity index (χ1v) is 11.0. The topological polar surface area (TPSA) is 61.9 Å². The van der Waals surface area contributed by atoms with Crippen LogP contribution in [0.25, 0.3) is 0 Å². The SMILES string of the molecule is CCN(CC)c1ccc(NC(=O)CCN2C(=O)C(C)(C)Oc3ccc(Cl)cc32)c(C)c1. The summed E-state index contributed by atoms with van der Waals surface area (Å²) in [7, 11) is 0. The highest BCUT2D eigenvalue weighted by molar-refractivity contribution is 6.31. The molecule has 3 rings (SSSR count). The minimum Gasteiger partial charge on any atom is -0.476 e. The van der Waals surface area contributed by atoms with Gasteiger partial charge in [0.05, 0.1) is 5.69 Å². The van der Waals surface area contributed by atoms with Crippen LogP contribution in [0, 0.1) is 6.92 Å². The summed E-state index contributed by atoms with van der Waals surface area (Å²) in [6.45, 7) is 11.8. The van der Waals surface area contributed by atoms with E-state index in [2.05, 4.69) is 30.1 Å². The molecule has 0 saturated carbocycles. The zero-order valence-electron chi connectivity index (χ0n) is 18.8. The summed E-state index contributed by atoms with van der Waals surface area (Å²) in [5, 5.41) is 3.48. The van der Waals surface area contributed by atoms with E-state index < -0.39 is 5.60 Å². The van der Waals surface area contributed by atoms with Crippen LogP contribution < -0.4 is 19.9 Å². The molecule has 0 spiro atoms. The lowest BCUT2D eigenvalue weighted by molar-refractivity contribution is -0.132. The van der Waals surface area contributed by atoms with Crippen LogP contribution in [0.5, 0.6) is 5.75 Å². The van der Waals surface area contributed by atoms with E-state index in [0.717, 1.165) is 30.0 Å². The van der Waals surface area contributed by atoms with E-state index in [0.29, 0.717) is 16.5 Å². The maximum absolute atomic E-state index is 12.9. The molecule has 31 heavy (non-hydrogen) atoms. The Balaban J connectivity index is 1.71. The number of fused-ring (bicyclic) bond motifs is 1. The molecule has 7 heteroatoms. The normalized spacial score (nSPS) is 14.6. The summed E-state index contributed by atoms with van der Waals surface area (Å²) in [6, 6.07) is 11.2. The molecule has 0 saturated heterocycles. The van der Waals surface area contributed by atoms with Crippen molar-refractivity contribution >= 4 is 40.5 Å². The highest BCUT2D eigenvalue weighted by Crippen LogP contribution is 2.39. The Hall–Kier alpha value is -2.73. The average molecular weight is 444 g/mol. The number of nitrogens with one attached hydrogen (secondary N) is 1. The van der Waals surface area contributed by atoms with Crippen molar-refractivity contribution in [3.05, 3.63) is 47.0 Å². The molecule has 1 N–H and O–H groups in total. The summed E-state index contributed by atoms with van der Waals surface area (Å²) < 4.78 is 5.83. The van der Waals surface area contributed by atoms with Crippen molar-refractivity contribution in [1.29, 1.82) is 0 Å². The Labute approximate surface area is 189 Å². The van der Waals surface area contributed by atoms with E-state index in [1.54, 1.807) is 36.9 Å². The molecular weight excluding hydrogens is 414 g/mol. The maximum Gasteiger partial charge on any atom is 0.270 e. The van der Waals surface area contributed by atoms with Gasteiger partial charge in [-0.05, 0) is 76.6 Å². The van der Waals surface area contributed by atoms with Crippen LogP contribution in [0.2, 0.25) is 5.02 Å². The number of nitrogens with zero attached hydrogens (tertiary/aromatic N) is 2. The van der Waals surface area contributed by atoms with Crippen LogP contribution in [0.3, 0.4) is 0 Å². The molecule has 2 aromatic rings. The van der Waals surface area contributed by atoms with Gasteiger partial charge in [0.15, 0.2) is 5.60 Å². The van der Waals surface area contributed by atoms with Crippen LogP contribution in [-0.4, -0.2) is 37.0 Å². The highest BCUT2D eigenvalue weighted by Gasteiger charge is 2.40. The number of aryl methyl sites for hydroxylation is 1. The first-order chi connectivity index (χ1) is 14.7. The lowest BCUT2D eigenvalue weighted by atomic mass is 10.0. The third-order valence-electron chi connectivity index (χ3n) is 5.51. The van der Waals surface area contributed by atoms with E-state index >= 15 is 0 Å². The first-order valence-electron chi connectivity index (χ1n) is 10.6. The number of rotatable bonds is 7. The summed E-state index contributed by atoms with van der Waals surface area (Å²) in [6.07, 6.45) is 0.158. The second kappa shape index (κ2) is 9.18. The highest BCUT2D eigenvalue weighted by atomic mass is 35.5. The average Bonchev–Trinajstić information content (AvgIpc) is 2.71. The Morgan fingerprint density at radius 1 is 1.16 bits per heavy atom. The van der Waals surface area contributed by atoms with Crippen molar-refractivity contribution in [1.82, 2.24) is 0 Å². The summed E-state index contributed by atoms with van der Waals surface area (Å²) in [5.74, 6) is 0.228. The Morgan fingerprint density at radius 2 is 1.87 bits per heavy atom. The minimum absolute atomic E-state index is 0.153. The van der Waals surface area contributed by atoms with Crippen molar-refractivity contribution < 1.29 is 14.3 Å². The number of hydrogen-bond donors (Lipinski definition) is 1. The predicted octanol–water partition coefficient (Wildman–Crippen LogP) is 5.03. The van der Waals surface area contributed by atoms with Crippen LogP contribution >= 0.6 is 11.6 Å². The van der Waals surface area contributed by atoms with Crippen LogP contribution in [-0.2, 0) is 9.59 Å². The maximum atomic E-state index is 12.9. The predicted molar refractivity (Wildman–Crippen MR) is 126 cm³/mol. The third kappa shape index (κ3) is 4.96. The van der Waals surface area contributed by atoms with Crippen molar-refractivity contribution in [2.75, 3.05) is 34.8 Å². The molecule has 2 amide bonds. The van der Waals surface area contributed by atoms with Crippen molar-refractivity contribution in [2.45, 2.75) is 46.6 Å². The molecule has 0 bridgehead atoms. The quantitative estimate of drug-likeness (QED) is 0.652. The first kappa shape index (κ1) is 22.9. The van der Waals surface area contributed by atoms with Gasteiger partial charge in [0.25, 0.3) is 5.91 Å². The standard InChI is InChI=1S/C24H30ClN3O3/c1-6-27(7-2)18-9-10-19(16(3)14-18)26-22(29)12-13-28-20-15-17(25)8-11-21(20)31-24(4,5)23(28)30/h8-11,14-15H,6-7,12-13H2,1-5H3,(H,26,29). The molecule has 1 aliphatic rings. The number of anilines is 3. The second-order valence-electron chi connectivity index (χ2n) is 8.15. The van der Waals surface area contributed by atoms with E-state index in [1.807, 2.05) is 19.1 Å². The minimum atomic E-state index is -1.01. The fourth-order valence-electron chi connectivity index (χ4n) is 3.76. The lowest BCUT2D eigenvalue weighted by Crippen LogP contribution is -2.53. The number of carbonyl (C=O) groups excluding carboxylic acids is 2. The summed E-state index contributed by atoms with van der Waals surface area (Å²) in [5.41, 5.74) is 2.49. The monoisotopic (exact) mass is 443 g/mol. The number of benzene rings is 2. The van der Waals surface area contributed by atoms with Crippen LogP contribution in [0.1, 0.15) is 39.7 Å². The van der Waals surface area contributed by atoms with E-state index in [1.165, 1.54) is 0 Å². The van der Waals surface area contributed by atoms with Crippen molar-refractivity contribution in [3.63, 3.8) is 0 Å². The molecule has 0 aliphatic carbocycles. The van der Waals surface area contributed by atoms with Gasteiger partial charge in [0.1, 0.15) is 5.75 Å². The number of ether oxygens (including phenoxy) is 1. The van der Waals surface area contributed by atoms with E-state index in [-0.39, 0.29) is 24.8 Å². The molecule has 2 aromatic carbocycles. The molecule has 0 atom stereocenters. The molecule has 0 radical (unpaired) electrons. The third-order valence-corrected chi connectivity index (χ3v) is 5.75. The number of carbonyl (C=O) groups is 2. The van der Waals surface area contributed by atoms with Gasteiger partial charge in [0.2, 0.25) is 5.91 Å². The Morgan fingerprint density at radius 3 is 2.52 bits per heavy atom. The Kier molecular flexibility index (Phi) is 6.80. The smallest absolute Gasteiger partial charge is 0.270 e. The van der Waals surface area contributed by atoms with Gasteiger partial charge in [-0.1, -0.05) is 11.6 Å². The fraction of sp³-hybridized carbons (Fsp3) is 0.417. The molecule has 6 nitrogen and oxygen atoms in total. The second-order valence-corrected chi connectivity index (χ2v) is 8.59. The van der Waals surface area contributed by atoms with E-state index in [9.17, 15) is 9.59 Å². The van der Waals surface area contributed by atoms with Crippen LogP contribution in [0.4, 0.5) is 17.1 Å².